The van der Waals surface area contributed by atoms with Gasteiger partial charge in [-0.05, 0) is 38.9 Å². The largest absolute Gasteiger partial charge is 0.365 e. The standard InChI is InChI=1S/C14H22N6S/c1-3-20-6-4-5-10(8-20)16-12-11-7-9(2)21-13(11)18-14(17-12)19-15/h7,10H,3-6,8,15H2,1-2H3,(H2,16,17,18,19). The van der Waals surface area contributed by atoms with E-state index in [4.69, 9.17) is 5.84 Å². The van der Waals surface area contributed by atoms with Gasteiger partial charge < -0.3 is 10.2 Å². The summed E-state index contributed by atoms with van der Waals surface area (Å²) < 4.78 is 0. The van der Waals surface area contributed by atoms with Crippen molar-refractivity contribution in [3.05, 3.63) is 10.9 Å². The molecule has 0 amide bonds. The van der Waals surface area contributed by atoms with E-state index in [1.165, 1.54) is 24.3 Å². The van der Waals surface area contributed by atoms with Gasteiger partial charge in [0.25, 0.3) is 0 Å². The van der Waals surface area contributed by atoms with Gasteiger partial charge in [0.05, 0.1) is 5.39 Å². The van der Waals surface area contributed by atoms with E-state index in [2.05, 4.69) is 45.5 Å². The van der Waals surface area contributed by atoms with Crippen molar-refractivity contribution >= 4 is 33.3 Å². The molecule has 1 aliphatic rings. The second-order valence-electron chi connectivity index (χ2n) is 5.49. The third-order valence-electron chi connectivity index (χ3n) is 3.94. The van der Waals surface area contributed by atoms with Gasteiger partial charge >= 0.3 is 0 Å². The van der Waals surface area contributed by atoms with Gasteiger partial charge in [-0.1, -0.05) is 6.92 Å². The minimum absolute atomic E-state index is 0.433. The van der Waals surface area contributed by atoms with Crippen LogP contribution in [0.5, 0.6) is 0 Å². The molecule has 114 valence electrons. The number of fused-ring (bicyclic) bond motifs is 1. The summed E-state index contributed by atoms with van der Waals surface area (Å²) in [5.41, 5.74) is 2.56. The van der Waals surface area contributed by atoms with Gasteiger partial charge in [-0.2, -0.15) is 4.98 Å². The molecule has 1 fully saturated rings. The monoisotopic (exact) mass is 306 g/mol. The molecular formula is C14H22N6S. The minimum Gasteiger partial charge on any atom is -0.365 e. The smallest absolute Gasteiger partial charge is 0.240 e. The maximum Gasteiger partial charge on any atom is 0.240 e. The number of piperidine rings is 1. The quantitative estimate of drug-likeness (QED) is 0.593. The highest BCUT2D eigenvalue weighted by Gasteiger charge is 2.20. The van der Waals surface area contributed by atoms with Gasteiger partial charge in [-0.3, -0.25) is 5.43 Å². The van der Waals surface area contributed by atoms with Gasteiger partial charge in [0.1, 0.15) is 10.6 Å². The summed E-state index contributed by atoms with van der Waals surface area (Å²) in [5, 5.41) is 4.68. The van der Waals surface area contributed by atoms with Gasteiger partial charge in [-0.25, -0.2) is 10.8 Å². The summed E-state index contributed by atoms with van der Waals surface area (Å²) in [6.45, 7) is 7.66. The lowest BCUT2D eigenvalue weighted by Crippen LogP contribution is -2.42. The first-order chi connectivity index (χ1) is 10.2. The molecule has 3 rings (SSSR count). The molecule has 7 heteroatoms. The van der Waals surface area contributed by atoms with Crippen LogP contribution >= 0.6 is 11.3 Å². The zero-order valence-electron chi connectivity index (χ0n) is 12.5. The lowest BCUT2D eigenvalue weighted by molar-refractivity contribution is 0.226. The van der Waals surface area contributed by atoms with E-state index in [1.54, 1.807) is 11.3 Å². The lowest BCUT2D eigenvalue weighted by Gasteiger charge is -2.32. The Labute approximate surface area is 128 Å². The van der Waals surface area contributed by atoms with Crippen LogP contribution in [0.3, 0.4) is 0 Å². The fourth-order valence-electron chi connectivity index (χ4n) is 2.87. The molecule has 1 unspecified atom stereocenters. The van der Waals surface area contributed by atoms with Crippen LogP contribution in [0.2, 0.25) is 0 Å². The van der Waals surface area contributed by atoms with Crippen molar-refractivity contribution in [2.45, 2.75) is 32.7 Å². The van der Waals surface area contributed by atoms with Crippen molar-refractivity contribution in [2.75, 3.05) is 30.4 Å². The van der Waals surface area contributed by atoms with E-state index in [0.29, 0.717) is 12.0 Å². The number of hydrogen-bond acceptors (Lipinski definition) is 7. The molecular weight excluding hydrogens is 284 g/mol. The van der Waals surface area contributed by atoms with Crippen LogP contribution in [0.15, 0.2) is 6.07 Å². The number of anilines is 2. The molecule has 21 heavy (non-hydrogen) atoms. The number of hydrogen-bond donors (Lipinski definition) is 3. The zero-order valence-corrected chi connectivity index (χ0v) is 13.3. The Morgan fingerprint density at radius 1 is 1.48 bits per heavy atom. The number of aryl methyl sites for hydroxylation is 1. The predicted molar refractivity (Wildman–Crippen MR) is 88.7 cm³/mol. The average molecular weight is 306 g/mol. The second-order valence-corrected chi connectivity index (χ2v) is 6.73. The van der Waals surface area contributed by atoms with E-state index < -0.39 is 0 Å². The van der Waals surface area contributed by atoms with Crippen molar-refractivity contribution in [1.29, 1.82) is 0 Å². The highest BCUT2D eigenvalue weighted by Crippen LogP contribution is 2.30. The van der Waals surface area contributed by atoms with E-state index in [-0.39, 0.29) is 0 Å². The van der Waals surface area contributed by atoms with Crippen LogP contribution in [0.4, 0.5) is 11.8 Å². The molecule has 0 aliphatic carbocycles. The normalized spacial score (nSPS) is 19.9. The Hall–Kier alpha value is -1.44. The van der Waals surface area contributed by atoms with Crippen molar-refractivity contribution in [3.63, 3.8) is 0 Å². The molecule has 1 aliphatic heterocycles. The molecule has 1 saturated heterocycles. The number of likely N-dealkylation sites (tertiary alicyclic amines) is 1. The van der Waals surface area contributed by atoms with Crippen LogP contribution in [0.25, 0.3) is 10.2 Å². The molecule has 0 aromatic carbocycles. The third-order valence-corrected chi connectivity index (χ3v) is 4.88. The Morgan fingerprint density at radius 3 is 3.10 bits per heavy atom. The molecule has 0 saturated carbocycles. The first-order valence-corrected chi connectivity index (χ1v) is 8.25. The zero-order chi connectivity index (χ0) is 14.8. The summed E-state index contributed by atoms with van der Waals surface area (Å²) in [7, 11) is 0. The van der Waals surface area contributed by atoms with Gasteiger partial charge in [0.2, 0.25) is 5.95 Å². The topological polar surface area (TPSA) is 79.1 Å². The van der Waals surface area contributed by atoms with Crippen molar-refractivity contribution < 1.29 is 0 Å². The number of likely N-dealkylation sites (N-methyl/N-ethyl adjacent to an activating group) is 1. The fraction of sp³-hybridized carbons (Fsp3) is 0.571. The summed E-state index contributed by atoms with van der Waals surface area (Å²) in [5.74, 6) is 6.84. The minimum atomic E-state index is 0.433. The van der Waals surface area contributed by atoms with Gasteiger partial charge in [0.15, 0.2) is 0 Å². The fourth-order valence-corrected chi connectivity index (χ4v) is 3.75. The molecule has 4 N–H and O–H groups in total. The second kappa shape index (κ2) is 6.13. The summed E-state index contributed by atoms with van der Waals surface area (Å²) in [6.07, 6.45) is 2.40. The van der Waals surface area contributed by atoms with E-state index in [1.807, 2.05) is 0 Å². The first kappa shape index (κ1) is 14.5. The van der Waals surface area contributed by atoms with Crippen LogP contribution in [-0.4, -0.2) is 40.5 Å². The number of nitrogens with zero attached hydrogens (tertiary/aromatic N) is 3. The molecule has 0 spiro atoms. The number of hydrazine groups is 1. The number of nitrogens with two attached hydrogens (primary N) is 1. The van der Waals surface area contributed by atoms with Crippen molar-refractivity contribution in [3.8, 4) is 0 Å². The average Bonchev–Trinajstić information content (AvgIpc) is 2.88. The SMILES string of the molecule is CCN1CCCC(Nc2nc(NN)nc3sc(C)cc23)C1. The predicted octanol–water partition coefficient (Wildman–Crippen LogP) is 2.18. The molecule has 2 aromatic heterocycles. The van der Waals surface area contributed by atoms with E-state index in [0.717, 1.165) is 29.1 Å². The number of nitrogen functional groups attached to an aromatic ring is 1. The highest BCUT2D eigenvalue weighted by molar-refractivity contribution is 7.18. The molecule has 0 bridgehead atoms. The van der Waals surface area contributed by atoms with Crippen LogP contribution in [-0.2, 0) is 0 Å². The summed E-state index contributed by atoms with van der Waals surface area (Å²) in [6, 6.07) is 2.57. The molecule has 0 radical (unpaired) electrons. The third kappa shape index (κ3) is 3.09. The number of thiophene rings is 1. The number of rotatable bonds is 4. The van der Waals surface area contributed by atoms with E-state index >= 15 is 0 Å². The van der Waals surface area contributed by atoms with Gasteiger partial charge in [0, 0.05) is 17.5 Å². The highest BCUT2D eigenvalue weighted by atomic mass is 32.1. The molecule has 1 atom stereocenters. The summed E-state index contributed by atoms with van der Waals surface area (Å²) >= 11 is 1.67. The van der Waals surface area contributed by atoms with E-state index in [9.17, 15) is 0 Å². The Kier molecular flexibility index (Phi) is 4.23. The molecule has 3 heterocycles. The number of aromatic nitrogens is 2. The summed E-state index contributed by atoms with van der Waals surface area (Å²) in [4.78, 5) is 13.6. The van der Waals surface area contributed by atoms with Crippen LogP contribution in [0, 0.1) is 6.92 Å². The van der Waals surface area contributed by atoms with Crippen LogP contribution < -0.4 is 16.6 Å². The Morgan fingerprint density at radius 2 is 2.33 bits per heavy atom. The Bertz CT molecular complexity index is 625. The maximum atomic E-state index is 5.49. The van der Waals surface area contributed by atoms with Crippen molar-refractivity contribution in [2.24, 2.45) is 5.84 Å². The first-order valence-electron chi connectivity index (χ1n) is 7.43. The maximum absolute atomic E-state index is 5.49. The molecule has 2 aromatic rings. The van der Waals surface area contributed by atoms with Crippen molar-refractivity contribution in [1.82, 2.24) is 14.9 Å². The number of nitrogens with one attached hydrogen (secondary N) is 2. The van der Waals surface area contributed by atoms with Gasteiger partial charge in [-0.15, -0.1) is 11.3 Å². The van der Waals surface area contributed by atoms with Crippen LogP contribution in [0.1, 0.15) is 24.6 Å². The molecule has 6 nitrogen and oxygen atoms in total. The lowest BCUT2D eigenvalue weighted by atomic mass is 10.1. The Balaban J connectivity index is 1.88.